The minimum Gasteiger partial charge on any atom is -0.342 e. The predicted octanol–water partition coefficient (Wildman–Crippen LogP) is 0.505. The summed E-state index contributed by atoms with van der Waals surface area (Å²) in [6.45, 7) is 1.67. The minimum absolute atomic E-state index is 0.0155. The Morgan fingerprint density at radius 1 is 1.22 bits per heavy atom. The van der Waals surface area contributed by atoms with Crippen molar-refractivity contribution in [3.05, 3.63) is 28.8 Å². The Bertz CT molecular complexity index is 713. The molecule has 0 bridgehead atoms. The molecule has 2 amide bonds. The fraction of sp³-hybridized carbons (Fsp3) is 0.429. The molecule has 1 aliphatic rings. The van der Waals surface area contributed by atoms with Gasteiger partial charge in [-0.25, -0.2) is 12.7 Å². The first-order valence-electron chi connectivity index (χ1n) is 6.98. The van der Waals surface area contributed by atoms with Crippen molar-refractivity contribution in [2.45, 2.75) is 4.90 Å². The minimum atomic E-state index is -3.64. The topological polar surface area (TPSA) is 78.0 Å². The van der Waals surface area contributed by atoms with Gasteiger partial charge in [-0.3, -0.25) is 9.59 Å². The lowest BCUT2D eigenvalue weighted by Crippen LogP contribution is -2.48. The fourth-order valence-electron chi connectivity index (χ4n) is 2.24. The molecule has 2 rings (SSSR count). The van der Waals surface area contributed by atoms with Crippen LogP contribution in [-0.4, -0.2) is 75.1 Å². The number of carbonyl (C=O) groups is 2. The van der Waals surface area contributed by atoms with Crippen LogP contribution in [0.1, 0.15) is 10.4 Å². The zero-order valence-electron chi connectivity index (χ0n) is 12.9. The molecular weight excluding hydrogens is 342 g/mol. The number of piperazine rings is 1. The van der Waals surface area contributed by atoms with Gasteiger partial charge in [-0.15, -0.1) is 0 Å². The van der Waals surface area contributed by atoms with E-state index in [4.69, 9.17) is 11.6 Å². The van der Waals surface area contributed by atoms with Gasteiger partial charge >= 0.3 is 0 Å². The Morgan fingerprint density at radius 3 is 2.35 bits per heavy atom. The molecule has 1 aromatic rings. The molecule has 0 aliphatic carbocycles. The van der Waals surface area contributed by atoms with Crippen LogP contribution in [0.3, 0.4) is 0 Å². The first-order chi connectivity index (χ1) is 10.8. The van der Waals surface area contributed by atoms with E-state index in [1.165, 1.54) is 32.3 Å². The number of sulfonamides is 1. The van der Waals surface area contributed by atoms with E-state index < -0.39 is 10.0 Å². The highest BCUT2D eigenvalue weighted by Crippen LogP contribution is 2.23. The molecule has 1 aliphatic heterocycles. The summed E-state index contributed by atoms with van der Waals surface area (Å²) >= 11 is 6.07. The van der Waals surface area contributed by atoms with Gasteiger partial charge in [0.1, 0.15) is 0 Å². The molecule has 0 aromatic heterocycles. The summed E-state index contributed by atoms with van der Waals surface area (Å²) < 4.78 is 25.5. The Morgan fingerprint density at radius 2 is 1.83 bits per heavy atom. The van der Waals surface area contributed by atoms with Crippen molar-refractivity contribution in [1.82, 2.24) is 14.1 Å². The lowest BCUT2D eigenvalue weighted by atomic mass is 10.2. The maximum atomic E-state index is 12.6. The lowest BCUT2D eigenvalue weighted by Gasteiger charge is -2.32. The van der Waals surface area contributed by atoms with Gasteiger partial charge in [-0.2, -0.15) is 0 Å². The van der Waals surface area contributed by atoms with E-state index in [9.17, 15) is 18.0 Å². The number of nitrogens with zero attached hydrogens (tertiary/aromatic N) is 3. The molecule has 0 N–H and O–H groups in total. The van der Waals surface area contributed by atoms with Gasteiger partial charge in [0.05, 0.1) is 15.5 Å². The number of rotatable bonds is 4. The van der Waals surface area contributed by atoms with E-state index in [1.807, 2.05) is 0 Å². The lowest BCUT2D eigenvalue weighted by molar-refractivity contribution is -0.119. The third-order valence-corrected chi connectivity index (χ3v) is 5.84. The zero-order chi connectivity index (χ0) is 17.2. The largest absolute Gasteiger partial charge is 0.342 e. The van der Waals surface area contributed by atoms with Gasteiger partial charge in [0.2, 0.25) is 16.4 Å². The van der Waals surface area contributed by atoms with Gasteiger partial charge in [0.15, 0.2) is 0 Å². The standard InChI is InChI=1S/C14H18ClN3O4S/c1-16(2)23(21,22)11-3-4-13(15)12(9-11)14(20)18-7-5-17(10-19)6-8-18/h3-4,9-10H,5-8H2,1-2H3. The molecule has 0 atom stereocenters. The van der Waals surface area contributed by atoms with Gasteiger partial charge in [0, 0.05) is 40.3 Å². The number of carbonyl (C=O) groups excluding carboxylic acids is 2. The Hall–Kier alpha value is -1.64. The second-order valence-corrected chi connectivity index (χ2v) is 7.92. The third kappa shape index (κ3) is 3.65. The smallest absolute Gasteiger partial charge is 0.255 e. The van der Waals surface area contributed by atoms with Crippen LogP contribution in [0.4, 0.5) is 0 Å². The number of hydrogen-bond donors (Lipinski definition) is 0. The van der Waals surface area contributed by atoms with Crippen molar-refractivity contribution in [1.29, 1.82) is 0 Å². The number of amides is 2. The number of benzene rings is 1. The Labute approximate surface area is 140 Å². The monoisotopic (exact) mass is 359 g/mol. The molecule has 0 unspecified atom stereocenters. The first kappa shape index (κ1) is 17.7. The molecule has 7 nitrogen and oxygen atoms in total. The fourth-order valence-corrected chi connectivity index (χ4v) is 3.37. The van der Waals surface area contributed by atoms with E-state index in [0.29, 0.717) is 26.2 Å². The second-order valence-electron chi connectivity index (χ2n) is 5.36. The van der Waals surface area contributed by atoms with Crippen molar-refractivity contribution in [2.75, 3.05) is 40.3 Å². The molecule has 0 spiro atoms. The number of halogens is 1. The van der Waals surface area contributed by atoms with Gasteiger partial charge in [-0.05, 0) is 18.2 Å². The summed E-state index contributed by atoms with van der Waals surface area (Å²) in [5.41, 5.74) is 0.147. The Balaban J connectivity index is 2.29. The highest BCUT2D eigenvalue weighted by atomic mass is 35.5. The van der Waals surface area contributed by atoms with Crippen LogP contribution in [0.2, 0.25) is 5.02 Å². The maximum absolute atomic E-state index is 12.6. The van der Waals surface area contributed by atoms with Crippen LogP contribution in [0.5, 0.6) is 0 Å². The van der Waals surface area contributed by atoms with E-state index in [2.05, 4.69) is 0 Å². The van der Waals surface area contributed by atoms with Gasteiger partial charge in [-0.1, -0.05) is 11.6 Å². The van der Waals surface area contributed by atoms with E-state index in [0.717, 1.165) is 10.7 Å². The van der Waals surface area contributed by atoms with Crippen LogP contribution in [0.15, 0.2) is 23.1 Å². The van der Waals surface area contributed by atoms with E-state index in [-0.39, 0.29) is 21.4 Å². The van der Waals surface area contributed by atoms with Crippen molar-refractivity contribution >= 4 is 33.9 Å². The SMILES string of the molecule is CN(C)S(=O)(=O)c1ccc(Cl)c(C(=O)N2CCN(C=O)CC2)c1. The van der Waals surface area contributed by atoms with E-state index in [1.54, 1.807) is 9.80 Å². The quantitative estimate of drug-likeness (QED) is 0.734. The van der Waals surface area contributed by atoms with Crippen LogP contribution in [-0.2, 0) is 14.8 Å². The van der Waals surface area contributed by atoms with Gasteiger partial charge < -0.3 is 9.80 Å². The number of hydrogen-bond acceptors (Lipinski definition) is 4. The van der Waals surface area contributed by atoms with Crippen LogP contribution < -0.4 is 0 Å². The van der Waals surface area contributed by atoms with Crippen molar-refractivity contribution in [3.63, 3.8) is 0 Å². The first-order valence-corrected chi connectivity index (χ1v) is 8.80. The van der Waals surface area contributed by atoms with Gasteiger partial charge in [0.25, 0.3) is 5.91 Å². The zero-order valence-corrected chi connectivity index (χ0v) is 14.5. The average Bonchev–Trinajstić information content (AvgIpc) is 2.54. The molecule has 1 saturated heterocycles. The molecule has 0 radical (unpaired) electrons. The molecule has 1 aromatic carbocycles. The maximum Gasteiger partial charge on any atom is 0.255 e. The average molecular weight is 360 g/mol. The summed E-state index contributed by atoms with van der Waals surface area (Å²) in [6.07, 6.45) is 0.749. The summed E-state index contributed by atoms with van der Waals surface area (Å²) in [7, 11) is -0.802. The van der Waals surface area contributed by atoms with Crippen molar-refractivity contribution < 1.29 is 18.0 Å². The van der Waals surface area contributed by atoms with E-state index >= 15 is 0 Å². The molecular formula is C14H18ClN3O4S. The normalized spacial score (nSPS) is 15.8. The molecule has 23 heavy (non-hydrogen) atoms. The third-order valence-electron chi connectivity index (χ3n) is 3.70. The molecule has 1 fully saturated rings. The predicted molar refractivity (Wildman–Crippen MR) is 85.9 cm³/mol. The molecule has 9 heteroatoms. The van der Waals surface area contributed by atoms with Crippen LogP contribution >= 0.6 is 11.6 Å². The summed E-state index contributed by atoms with van der Waals surface area (Å²) in [6, 6.07) is 4.08. The van der Waals surface area contributed by atoms with Crippen LogP contribution in [0.25, 0.3) is 0 Å². The summed E-state index contributed by atoms with van der Waals surface area (Å²) in [5.74, 6) is -0.337. The second kappa shape index (κ2) is 6.86. The van der Waals surface area contributed by atoms with Crippen molar-refractivity contribution in [3.8, 4) is 0 Å². The summed E-state index contributed by atoms with van der Waals surface area (Å²) in [5, 5.41) is 0.200. The highest BCUT2D eigenvalue weighted by molar-refractivity contribution is 7.89. The van der Waals surface area contributed by atoms with Crippen LogP contribution in [0, 0.1) is 0 Å². The molecule has 126 valence electrons. The molecule has 1 heterocycles. The highest BCUT2D eigenvalue weighted by Gasteiger charge is 2.25. The summed E-state index contributed by atoms with van der Waals surface area (Å²) in [4.78, 5) is 26.5. The molecule has 0 saturated carbocycles. The Kier molecular flexibility index (Phi) is 5.28. The van der Waals surface area contributed by atoms with Crippen molar-refractivity contribution in [2.24, 2.45) is 0 Å².